The van der Waals surface area contributed by atoms with E-state index in [9.17, 15) is 9.59 Å². The largest absolute Gasteiger partial charge is 0.340 e. The molecule has 1 saturated heterocycles. The van der Waals surface area contributed by atoms with Crippen molar-refractivity contribution in [3.63, 3.8) is 0 Å². The van der Waals surface area contributed by atoms with Crippen LogP contribution in [0.4, 0.5) is 0 Å². The van der Waals surface area contributed by atoms with Crippen LogP contribution in [-0.4, -0.2) is 41.9 Å². The Labute approximate surface area is 169 Å². The number of carbonyl (C=O) groups excluding carboxylic acids is 2. The SMILES string of the molecule is CC(C)C(NC(=O)c1ccc(C(C)(C)C)cc1)C(=O)N1CC2CCC(N)C2C1. The molecule has 4 atom stereocenters. The van der Waals surface area contributed by atoms with Gasteiger partial charge >= 0.3 is 0 Å². The molecule has 1 aromatic rings. The number of hydrogen-bond acceptors (Lipinski definition) is 3. The highest BCUT2D eigenvalue weighted by Gasteiger charge is 2.44. The van der Waals surface area contributed by atoms with Crippen molar-refractivity contribution < 1.29 is 9.59 Å². The highest BCUT2D eigenvalue weighted by molar-refractivity contribution is 5.97. The van der Waals surface area contributed by atoms with Gasteiger partial charge in [0.05, 0.1) is 0 Å². The molecule has 5 heteroatoms. The highest BCUT2D eigenvalue weighted by atomic mass is 16.2. The molecule has 1 heterocycles. The van der Waals surface area contributed by atoms with Gasteiger partial charge in [0.15, 0.2) is 0 Å². The molecule has 3 N–H and O–H groups in total. The molecule has 0 spiro atoms. The van der Waals surface area contributed by atoms with Gasteiger partial charge in [-0.05, 0) is 53.7 Å². The summed E-state index contributed by atoms with van der Waals surface area (Å²) in [6.07, 6.45) is 2.17. The van der Waals surface area contributed by atoms with E-state index >= 15 is 0 Å². The quantitative estimate of drug-likeness (QED) is 0.837. The monoisotopic (exact) mass is 385 g/mol. The van der Waals surface area contributed by atoms with Crippen molar-refractivity contribution in [1.29, 1.82) is 0 Å². The summed E-state index contributed by atoms with van der Waals surface area (Å²) in [7, 11) is 0. The summed E-state index contributed by atoms with van der Waals surface area (Å²) in [6.45, 7) is 11.9. The molecule has 154 valence electrons. The molecule has 5 nitrogen and oxygen atoms in total. The van der Waals surface area contributed by atoms with E-state index in [1.165, 1.54) is 5.56 Å². The van der Waals surface area contributed by atoms with Crippen LogP contribution in [0, 0.1) is 17.8 Å². The van der Waals surface area contributed by atoms with E-state index in [1.54, 1.807) is 0 Å². The van der Waals surface area contributed by atoms with Crippen molar-refractivity contribution in [1.82, 2.24) is 10.2 Å². The Bertz CT molecular complexity index is 720. The molecule has 28 heavy (non-hydrogen) atoms. The molecule has 1 aromatic carbocycles. The van der Waals surface area contributed by atoms with Gasteiger partial charge in [-0.1, -0.05) is 46.8 Å². The lowest BCUT2D eigenvalue weighted by Gasteiger charge is -2.28. The van der Waals surface area contributed by atoms with E-state index in [0.29, 0.717) is 17.4 Å². The molecule has 2 amide bonds. The van der Waals surface area contributed by atoms with Crippen molar-refractivity contribution in [3.8, 4) is 0 Å². The predicted octanol–water partition coefficient (Wildman–Crippen LogP) is 2.93. The first-order chi connectivity index (χ1) is 13.1. The molecule has 4 unspecified atom stereocenters. The Kier molecular flexibility index (Phi) is 5.85. The third kappa shape index (κ3) is 4.24. The Hall–Kier alpha value is -1.88. The second-order valence-corrected chi connectivity index (χ2v) is 9.93. The minimum absolute atomic E-state index is 0.0243. The zero-order valence-electron chi connectivity index (χ0n) is 17.9. The van der Waals surface area contributed by atoms with E-state index in [1.807, 2.05) is 43.0 Å². The number of amides is 2. The molecule has 0 radical (unpaired) electrons. The van der Waals surface area contributed by atoms with Crippen LogP contribution in [0.2, 0.25) is 0 Å². The molecule has 2 fully saturated rings. The lowest BCUT2D eigenvalue weighted by molar-refractivity contribution is -0.133. The molecule has 0 aromatic heterocycles. The van der Waals surface area contributed by atoms with Crippen molar-refractivity contribution in [2.75, 3.05) is 13.1 Å². The molecule has 1 aliphatic heterocycles. The first kappa shape index (κ1) is 20.8. The van der Waals surface area contributed by atoms with E-state index in [0.717, 1.165) is 25.9 Å². The van der Waals surface area contributed by atoms with Crippen LogP contribution in [0.3, 0.4) is 0 Å². The van der Waals surface area contributed by atoms with Gasteiger partial charge in [-0.25, -0.2) is 0 Å². The summed E-state index contributed by atoms with van der Waals surface area (Å²) >= 11 is 0. The second-order valence-electron chi connectivity index (χ2n) is 9.93. The fourth-order valence-corrected chi connectivity index (χ4v) is 4.54. The smallest absolute Gasteiger partial charge is 0.251 e. The topological polar surface area (TPSA) is 75.4 Å². The summed E-state index contributed by atoms with van der Waals surface area (Å²) in [5, 5.41) is 2.98. The molecular formula is C23H35N3O2. The summed E-state index contributed by atoms with van der Waals surface area (Å²) in [6, 6.07) is 7.36. The number of fused-ring (bicyclic) bond motifs is 1. The summed E-state index contributed by atoms with van der Waals surface area (Å²) in [5.41, 5.74) is 8.02. The van der Waals surface area contributed by atoms with Crippen LogP contribution in [0.15, 0.2) is 24.3 Å². The average Bonchev–Trinajstić information content (AvgIpc) is 3.20. The summed E-state index contributed by atoms with van der Waals surface area (Å²) in [5.74, 6) is 0.795. The van der Waals surface area contributed by atoms with E-state index in [-0.39, 0.29) is 29.2 Å². The van der Waals surface area contributed by atoms with Crippen LogP contribution in [0.25, 0.3) is 0 Å². The van der Waals surface area contributed by atoms with Crippen molar-refractivity contribution in [3.05, 3.63) is 35.4 Å². The van der Waals surface area contributed by atoms with Crippen molar-refractivity contribution in [2.45, 2.75) is 65.0 Å². The number of nitrogens with zero attached hydrogens (tertiary/aromatic N) is 1. The molecule has 1 saturated carbocycles. The van der Waals surface area contributed by atoms with Crippen molar-refractivity contribution >= 4 is 11.8 Å². The lowest BCUT2D eigenvalue weighted by atomic mass is 9.86. The number of nitrogens with two attached hydrogens (primary N) is 1. The Morgan fingerprint density at radius 1 is 1.11 bits per heavy atom. The van der Waals surface area contributed by atoms with Crippen LogP contribution < -0.4 is 11.1 Å². The Morgan fingerprint density at radius 2 is 1.75 bits per heavy atom. The van der Waals surface area contributed by atoms with Gasteiger partial charge in [-0.15, -0.1) is 0 Å². The molecule has 3 rings (SSSR count). The number of rotatable bonds is 4. The first-order valence-corrected chi connectivity index (χ1v) is 10.5. The van der Waals surface area contributed by atoms with Crippen LogP contribution >= 0.6 is 0 Å². The number of likely N-dealkylation sites (tertiary alicyclic amines) is 1. The number of nitrogens with one attached hydrogen (secondary N) is 1. The highest BCUT2D eigenvalue weighted by Crippen LogP contribution is 2.37. The van der Waals surface area contributed by atoms with Crippen LogP contribution in [0.5, 0.6) is 0 Å². The Morgan fingerprint density at radius 3 is 2.29 bits per heavy atom. The van der Waals surface area contributed by atoms with Crippen LogP contribution in [-0.2, 0) is 10.2 Å². The maximum Gasteiger partial charge on any atom is 0.251 e. The van der Waals surface area contributed by atoms with E-state index in [2.05, 4.69) is 26.1 Å². The number of hydrogen-bond donors (Lipinski definition) is 2. The maximum absolute atomic E-state index is 13.1. The maximum atomic E-state index is 13.1. The van der Waals surface area contributed by atoms with Crippen LogP contribution in [0.1, 0.15) is 63.4 Å². The molecule has 1 aliphatic carbocycles. The fourth-order valence-electron chi connectivity index (χ4n) is 4.54. The molecular weight excluding hydrogens is 350 g/mol. The lowest BCUT2D eigenvalue weighted by Crippen LogP contribution is -2.51. The standard InChI is InChI=1S/C23H35N3O2/c1-14(2)20(22(28)26-12-16-8-11-19(24)18(16)13-26)25-21(27)15-6-9-17(10-7-15)23(3,4)5/h6-7,9-10,14,16,18-20H,8,11-13,24H2,1-5H3,(H,25,27). The normalized spacial score (nSPS) is 25.7. The van der Waals surface area contributed by atoms with E-state index in [4.69, 9.17) is 5.73 Å². The minimum atomic E-state index is -0.509. The van der Waals surface area contributed by atoms with Gasteiger partial charge in [0.25, 0.3) is 5.91 Å². The van der Waals surface area contributed by atoms with Crippen molar-refractivity contribution in [2.24, 2.45) is 23.5 Å². The van der Waals surface area contributed by atoms with Gasteiger partial charge < -0.3 is 16.0 Å². The van der Waals surface area contributed by atoms with E-state index < -0.39 is 6.04 Å². The minimum Gasteiger partial charge on any atom is -0.340 e. The molecule has 2 aliphatic rings. The van der Waals surface area contributed by atoms with Gasteiger partial charge in [-0.3, -0.25) is 9.59 Å². The Balaban J connectivity index is 1.67. The van der Waals surface area contributed by atoms with Gasteiger partial charge in [-0.2, -0.15) is 0 Å². The van der Waals surface area contributed by atoms with Gasteiger partial charge in [0.1, 0.15) is 6.04 Å². The van der Waals surface area contributed by atoms with Gasteiger partial charge in [0, 0.05) is 24.7 Å². The summed E-state index contributed by atoms with van der Waals surface area (Å²) < 4.78 is 0. The average molecular weight is 386 g/mol. The number of benzene rings is 1. The fraction of sp³-hybridized carbons (Fsp3) is 0.652. The second kappa shape index (κ2) is 7.86. The third-order valence-corrected chi connectivity index (χ3v) is 6.46. The zero-order chi connectivity index (χ0) is 20.6. The number of carbonyl (C=O) groups is 2. The third-order valence-electron chi connectivity index (χ3n) is 6.46. The summed E-state index contributed by atoms with van der Waals surface area (Å²) in [4.78, 5) is 27.9. The zero-order valence-corrected chi connectivity index (χ0v) is 17.9. The predicted molar refractivity (Wildman–Crippen MR) is 112 cm³/mol. The first-order valence-electron chi connectivity index (χ1n) is 10.5. The molecule has 0 bridgehead atoms. The van der Waals surface area contributed by atoms with Gasteiger partial charge in [0.2, 0.25) is 5.91 Å².